The summed E-state index contributed by atoms with van der Waals surface area (Å²) in [4.78, 5) is 76.7. The summed E-state index contributed by atoms with van der Waals surface area (Å²) >= 11 is 6.60. The maximum atomic E-state index is 15.6. The van der Waals surface area contributed by atoms with E-state index in [0.29, 0.717) is 70.1 Å². The number of carbonyl (C=O) groups is 5. The number of methoxy groups -OCH3 is 1. The minimum absolute atomic E-state index is 0.0466. The van der Waals surface area contributed by atoms with Crippen LogP contribution in [0, 0.1) is 24.5 Å². The number of nitrogens with zero attached hydrogens (tertiary/aromatic N) is 8. The molecule has 4 amide bonds. The van der Waals surface area contributed by atoms with Gasteiger partial charge >= 0.3 is 12.1 Å². The number of piperazine rings is 1. The van der Waals surface area contributed by atoms with E-state index in [2.05, 4.69) is 15.4 Å². The molecule has 0 aliphatic carbocycles. The molecule has 6 rings (SSSR count). The van der Waals surface area contributed by atoms with Crippen LogP contribution in [0.15, 0.2) is 42.7 Å². The second kappa shape index (κ2) is 21.6. The van der Waals surface area contributed by atoms with E-state index in [-0.39, 0.29) is 94.8 Å². The van der Waals surface area contributed by atoms with Crippen molar-refractivity contribution < 1.29 is 47.0 Å². The van der Waals surface area contributed by atoms with E-state index in [4.69, 9.17) is 25.8 Å². The highest BCUT2D eigenvalue weighted by atomic mass is 35.5. The summed E-state index contributed by atoms with van der Waals surface area (Å²) in [6.07, 6.45) is 3.15. The van der Waals surface area contributed by atoms with Gasteiger partial charge in [-0.1, -0.05) is 17.7 Å². The summed E-state index contributed by atoms with van der Waals surface area (Å²) < 4.78 is 50.3. The van der Waals surface area contributed by atoms with Gasteiger partial charge in [0.2, 0.25) is 5.91 Å². The van der Waals surface area contributed by atoms with Crippen LogP contribution >= 0.6 is 11.6 Å². The van der Waals surface area contributed by atoms with Gasteiger partial charge in [-0.25, -0.2) is 18.6 Å². The quantitative estimate of drug-likeness (QED) is 0.119. The zero-order valence-electron chi connectivity index (χ0n) is 40.3. The van der Waals surface area contributed by atoms with Crippen LogP contribution in [-0.4, -0.2) is 153 Å². The van der Waals surface area contributed by atoms with Gasteiger partial charge in [0, 0.05) is 100 Å². The molecule has 2 fully saturated rings. The normalized spacial score (nSPS) is 14.6. The number of carbonyl (C=O) groups excluding carboxylic acids is 5. The highest BCUT2D eigenvalue weighted by Crippen LogP contribution is 2.33. The molecule has 68 heavy (non-hydrogen) atoms. The summed E-state index contributed by atoms with van der Waals surface area (Å²) in [5.74, 6) is -3.50. The number of halogens is 3. The highest BCUT2D eigenvalue weighted by molar-refractivity contribution is 6.34. The second-order valence-corrected chi connectivity index (χ2v) is 19.6. The monoisotopic (exact) mass is 965 g/mol. The summed E-state index contributed by atoms with van der Waals surface area (Å²) in [6, 6.07) is 7.37. The Kier molecular flexibility index (Phi) is 16.3. The van der Waals surface area contributed by atoms with Gasteiger partial charge in [0.05, 0.1) is 48.4 Å². The van der Waals surface area contributed by atoms with E-state index < -0.39 is 28.7 Å². The number of nitrogens with one attached hydrogen (secondary N) is 1. The number of anilines is 1. The molecular weight excluding hydrogens is 904 g/mol. The average molecular weight is 967 g/mol. The molecule has 0 unspecified atom stereocenters. The van der Waals surface area contributed by atoms with Crippen molar-refractivity contribution in [1.82, 2.24) is 38.9 Å². The number of likely N-dealkylation sites (tertiary alicyclic amines) is 1. The van der Waals surface area contributed by atoms with Crippen LogP contribution in [-0.2, 0) is 37.4 Å². The second-order valence-electron chi connectivity index (χ2n) is 19.2. The van der Waals surface area contributed by atoms with Gasteiger partial charge < -0.3 is 38.8 Å². The summed E-state index contributed by atoms with van der Waals surface area (Å²) in [6.45, 7) is 16.9. The summed E-state index contributed by atoms with van der Waals surface area (Å²) in [5, 5.41) is 7.08. The Morgan fingerprint density at radius 3 is 2.16 bits per heavy atom. The lowest BCUT2D eigenvalue weighted by atomic mass is 10.00. The molecule has 2 aromatic carbocycles. The minimum Gasteiger partial charge on any atom is -0.459 e. The smallest absolute Gasteiger partial charge is 0.410 e. The number of benzene rings is 2. The van der Waals surface area contributed by atoms with E-state index in [1.807, 2.05) is 46.4 Å². The van der Waals surface area contributed by atoms with Crippen molar-refractivity contribution in [1.29, 1.82) is 0 Å². The number of esters is 1. The van der Waals surface area contributed by atoms with Gasteiger partial charge in [-0.05, 0) is 85.7 Å². The molecule has 0 atom stereocenters. The third-order valence-corrected chi connectivity index (χ3v) is 11.9. The Bertz CT molecular complexity index is 2500. The number of hydrogen-bond acceptors (Lipinski definition) is 11. The largest absolute Gasteiger partial charge is 0.459 e. The molecule has 0 radical (unpaired) electrons. The Hall–Kier alpha value is -5.92. The van der Waals surface area contributed by atoms with Crippen molar-refractivity contribution >= 4 is 47.1 Å². The van der Waals surface area contributed by atoms with Gasteiger partial charge in [-0.2, -0.15) is 5.10 Å². The maximum absolute atomic E-state index is 15.6. The van der Waals surface area contributed by atoms with Crippen LogP contribution in [0.2, 0.25) is 5.02 Å². The first-order valence-corrected chi connectivity index (χ1v) is 23.0. The molecule has 2 aliphatic heterocycles. The molecule has 4 heterocycles. The lowest BCUT2D eigenvalue weighted by Gasteiger charge is -2.41. The molecule has 2 aromatic heterocycles. The van der Waals surface area contributed by atoms with E-state index >= 15 is 8.78 Å². The van der Waals surface area contributed by atoms with Crippen LogP contribution in [0.1, 0.15) is 81.1 Å². The average Bonchev–Trinajstić information content (AvgIpc) is 3.81. The molecule has 1 N–H and O–H groups in total. The fourth-order valence-electron chi connectivity index (χ4n) is 8.15. The molecule has 2 aliphatic rings. The molecule has 0 spiro atoms. The molecular formula is C48H62ClF2N9O8. The third-order valence-electron chi connectivity index (χ3n) is 11.6. The molecule has 2 saturated heterocycles. The van der Waals surface area contributed by atoms with E-state index in [1.165, 1.54) is 54.3 Å². The minimum atomic E-state index is -1.10. The van der Waals surface area contributed by atoms with E-state index in [0.717, 1.165) is 0 Å². The molecule has 368 valence electrons. The van der Waals surface area contributed by atoms with Crippen molar-refractivity contribution in [3.8, 4) is 22.4 Å². The van der Waals surface area contributed by atoms with Crippen molar-refractivity contribution in [3.05, 3.63) is 76.5 Å². The van der Waals surface area contributed by atoms with Crippen LogP contribution in [0.4, 0.5) is 19.3 Å². The van der Waals surface area contributed by atoms with Crippen molar-refractivity contribution in [2.24, 2.45) is 13.0 Å². The lowest BCUT2D eigenvalue weighted by molar-refractivity contribution is -0.156. The summed E-state index contributed by atoms with van der Waals surface area (Å²) in [5.41, 5.74) is 0.480. The van der Waals surface area contributed by atoms with Crippen LogP contribution < -0.4 is 5.32 Å². The molecule has 0 bridgehead atoms. The van der Waals surface area contributed by atoms with Crippen molar-refractivity contribution in [2.45, 2.75) is 79.1 Å². The van der Waals surface area contributed by atoms with Crippen LogP contribution in [0.3, 0.4) is 0 Å². The molecule has 0 saturated carbocycles. The summed E-state index contributed by atoms with van der Waals surface area (Å²) in [7, 11) is 3.08. The van der Waals surface area contributed by atoms with E-state index in [1.54, 1.807) is 33.4 Å². The highest BCUT2D eigenvalue weighted by Gasteiger charge is 2.35. The first kappa shape index (κ1) is 51.5. The number of imidazole rings is 1. The zero-order valence-corrected chi connectivity index (χ0v) is 41.0. The topological polar surface area (TPSA) is 174 Å². The molecule has 17 nitrogen and oxygen atoms in total. The Labute approximate surface area is 400 Å². The third kappa shape index (κ3) is 12.8. The number of rotatable bonds is 16. The van der Waals surface area contributed by atoms with E-state index in [9.17, 15) is 24.0 Å². The fourth-order valence-corrected chi connectivity index (χ4v) is 8.41. The number of amides is 4. The first-order valence-electron chi connectivity index (χ1n) is 22.7. The lowest BCUT2D eigenvalue weighted by Crippen LogP contribution is -2.55. The van der Waals surface area contributed by atoms with Crippen molar-refractivity contribution in [2.75, 3.05) is 77.9 Å². The SMILES string of the molecule is COCCn1ncc(-c2ccc(-c3cnc(C(=O)Nc4ccc(C(=O)N5CCN(C(=O)CCCN(CC(=O)OC(C)(C)C)CC6CN(C(=O)OC(C)(C)C)C6)CC5)c(Cl)c4)n3C)c(F)c2F)c1C. The Morgan fingerprint density at radius 2 is 1.51 bits per heavy atom. The van der Waals surface area contributed by atoms with Crippen LogP contribution in [0.25, 0.3) is 22.4 Å². The van der Waals surface area contributed by atoms with Gasteiger partial charge in [0.15, 0.2) is 17.5 Å². The van der Waals surface area contributed by atoms with Crippen molar-refractivity contribution in [3.63, 3.8) is 0 Å². The first-order chi connectivity index (χ1) is 32.0. The Balaban J connectivity index is 0.990. The molecule has 4 aromatic rings. The number of ether oxygens (including phenoxy) is 3. The zero-order chi connectivity index (χ0) is 49.7. The number of aromatic nitrogens is 4. The van der Waals surface area contributed by atoms with Gasteiger partial charge in [-0.3, -0.25) is 28.8 Å². The number of hydrogen-bond donors (Lipinski definition) is 1. The van der Waals surface area contributed by atoms with Crippen LogP contribution in [0.5, 0.6) is 0 Å². The Morgan fingerprint density at radius 1 is 0.868 bits per heavy atom. The predicted molar refractivity (Wildman–Crippen MR) is 251 cm³/mol. The molecule has 20 heteroatoms. The van der Waals surface area contributed by atoms with Gasteiger partial charge in [0.25, 0.3) is 11.8 Å². The van der Waals surface area contributed by atoms with Gasteiger partial charge in [0.1, 0.15) is 11.2 Å². The standard InChI is InChI=1S/C48H62ClF2N9O8/c1-30-36(24-53-60(30)21-22-66-9)33-14-15-35(42(51)41(33)50)38-25-52-43(55(38)8)44(63)54-32-12-13-34(37(49)23-32)45(64)58-19-17-57(18-20-58)39(61)11-10-16-56(29-40(62)67-47(2,3)4)26-31-27-59(28-31)46(65)68-48(5,6)7/h12-15,23-25,31H,10-11,16-22,26-29H2,1-9H3,(H,54,63). The van der Waals surface area contributed by atoms with Gasteiger partial charge in [-0.15, -0.1) is 0 Å². The maximum Gasteiger partial charge on any atom is 0.410 e. The fraction of sp³-hybridized carbons (Fsp3) is 0.521. The predicted octanol–water partition coefficient (Wildman–Crippen LogP) is 6.66.